The monoisotopic (exact) mass is 320 g/mol. The molecule has 0 heterocycles. The van der Waals surface area contributed by atoms with Crippen molar-refractivity contribution in [1.82, 2.24) is 0 Å². The van der Waals surface area contributed by atoms with Crippen LogP contribution in [-0.4, -0.2) is 18.8 Å². The van der Waals surface area contributed by atoms with Crippen molar-refractivity contribution in [3.63, 3.8) is 0 Å². The van der Waals surface area contributed by atoms with Gasteiger partial charge >= 0.3 is 12.2 Å². The van der Waals surface area contributed by atoms with E-state index in [0.29, 0.717) is 6.61 Å². The number of azo groups is 1. The smallest absolute Gasteiger partial charge is 0.447 e. The number of benzene rings is 1. The third kappa shape index (κ3) is 10.2. The lowest BCUT2D eigenvalue weighted by atomic mass is 10.1. The van der Waals surface area contributed by atoms with Gasteiger partial charge in [-0.05, 0) is 12.0 Å². The van der Waals surface area contributed by atoms with Crippen molar-refractivity contribution < 1.29 is 19.1 Å². The van der Waals surface area contributed by atoms with Crippen molar-refractivity contribution in [3.05, 3.63) is 35.9 Å². The van der Waals surface area contributed by atoms with Crippen molar-refractivity contribution in [1.29, 1.82) is 0 Å². The molecule has 0 aliphatic carbocycles. The van der Waals surface area contributed by atoms with Gasteiger partial charge in [0.1, 0.15) is 6.61 Å². The van der Waals surface area contributed by atoms with E-state index < -0.39 is 12.2 Å². The van der Waals surface area contributed by atoms with Crippen LogP contribution in [0.25, 0.3) is 0 Å². The molecule has 0 aliphatic heterocycles. The SMILES string of the molecule is CCCCCCCCOC(=O)N=NC(=O)OCc1ccccc1. The third-order valence-electron chi connectivity index (χ3n) is 3.14. The second-order valence-corrected chi connectivity index (χ2v) is 5.12. The number of hydrogen-bond acceptors (Lipinski definition) is 4. The summed E-state index contributed by atoms with van der Waals surface area (Å²) in [6.07, 6.45) is 4.82. The molecular formula is C17H24N2O4. The molecule has 0 bridgehead atoms. The molecule has 0 saturated heterocycles. The Morgan fingerprint density at radius 2 is 1.48 bits per heavy atom. The summed E-state index contributed by atoms with van der Waals surface area (Å²) in [6, 6.07) is 9.18. The molecule has 0 unspecified atom stereocenters. The molecule has 6 nitrogen and oxygen atoms in total. The first-order valence-electron chi connectivity index (χ1n) is 8.01. The Hall–Kier alpha value is -2.24. The van der Waals surface area contributed by atoms with Crippen LogP contribution in [0.2, 0.25) is 0 Å². The van der Waals surface area contributed by atoms with E-state index in [1.807, 2.05) is 30.3 Å². The van der Waals surface area contributed by atoms with Crippen LogP contribution in [0.5, 0.6) is 0 Å². The first-order chi connectivity index (χ1) is 11.2. The van der Waals surface area contributed by atoms with E-state index in [0.717, 1.165) is 24.8 Å². The molecule has 1 aromatic rings. The zero-order valence-corrected chi connectivity index (χ0v) is 13.6. The summed E-state index contributed by atoms with van der Waals surface area (Å²) < 4.78 is 9.71. The number of carbonyl (C=O) groups excluding carboxylic acids is 2. The Morgan fingerprint density at radius 3 is 2.17 bits per heavy atom. The van der Waals surface area contributed by atoms with Gasteiger partial charge in [0.25, 0.3) is 0 Å². The van der Waals surface area contributed by atoms with E-state index in [-0.39, 0.29) is 6.61 Å². The minimum Gasteiger partial charge on any atom is -0.447 e. The van der Waals surface area contributed by atoms with Crippen LogP contribution < -0.4 is 0 Å². The molecule has 23 heavy (non-hydrogen) atoms. The average molecular weight is 320 g/mol. The van der Waals surface area contributed by atoms with Crippen LogP contribution >= 0.6 is 0 Å². The minimum atomic E-state index is -0.912. The summed E-state index contributed by atoms with van der Waals surface area (Å²) in [7, 11) is 0. The van der Waals surface area contributed by atoms with Crippen LogP contribution in [0.3, 0.4) is 0 Å². The van der Waals surface area contributed by atoms with Crippen LogP contribution in [-0.2, 0) is 16.1 Å². The van der Waals surface area contributed by atoms with Crippen molar-refractivity contribution in [2.45, 2.75) is 52.1 Å². The lowest BCUT2D eigenvalue weighted by molar-refractivity contribution is 0.141. The summed E-state index contributed by atoms with van der Waals surface area (Å²) in [5.41, 5.74) is 0.835. The second-order valence-electron chi connectivity index (χ2n) is 5.12. The van der Waals surface area contributed by atoms with Crippen molar-refractivity contribution in [2.24, 2.45) is 10.2 Å². The van der Waals surface area contributed by atoms with Crippen LogP contribution in [0.4, 0.5) is 9.59 Å². The zero-order valence-electron chi connectivity index (χ0n) is 13.6. The largest absolute Gasteiger partial charge is 0.452 e. The Labute approximate surface area is 136 Å². The van der Waals surface area contributed by atoms with E-state index >= 15 is 0 Å². The first-order valence-corrected chi connectivity index (χ1v) is 8.01. The Balaban J connectivity index is 2.08. The van der Waals surface area contributed by atoms with Gasteiger partial charge in [-0.3, -0.25) is 0 Å². The number of ether oxygens (including phenoxy) is 2. The van der Waals surface area contributed by atoms with Gasteiger partial charge in [-0.1, -0.05) is 79.6 Å². The van der Waals surface area contributed by atoms with Crippen LogP contribution in [0.1, 0.15) is 51.0 Å². The van der Waals surface area contributed by atoms with E-state index in [1.165, 1.54) is 19.3 Å². The number of unbranched alkanes of at least 4 members (excludes halogenated alkanes) is 5. The number of rotatable bonds is 9. The fraction of sp³-hybridized carbons (Fsp3) is 0.529. The minimum absolute atomic E-state index is 0.0888. The highest BCUT2D eigenvalue weighted by Gasteiger charge is 2.04. The highest BCUT2D eigenvalue weighted by atomic mass is 16.6. The van der Waals surface area contributed by atoms with Crippen LogP contribution in [0.15, 0.2) is 40.6 Å². The summed E-state index contributed by atoms with van der Waals surface area (Å²) in [4.78, 5) is 22.6. The lowest BCUT2D eigenvalue weighted by Crippen LogP contribution is -2.03. The molecule has 0 aliphatic rings. The average Bonchev–Trinajstić information content (AvgIpc) is 2.58. The highest BCUT2D eigenvalue weighted by molar-refractivity contribution is 5.73. The fourth-order valence-electron chi connectivity index (χ4n) is 1.90. The zero-order chi connectivity index (χ0) is 16.8. The molecule has 1 aromatic carbocycles. The Morgan fingerprint density at radius 1 is 0.870 bits per heavy atom. The number of carbonyl (C=O) groups is 2. The molecule has 0 atom stereocenters. The predicted octanol–water partition coefficient (Wildman–Crippen LogP) is 5.27. The molecule has 0 fully saturated rings. The third-order valence-corrected chi connectivity index (χ3v) is 3.14. The van der Waals surface area contributed by atoms with Crippen molar-refractivity contribution in [2.75, 3.05) is 6.61 Å². The standard InChI is InChI=1S/C17H24N2O4/c1-2-3-4-5-6-10-13-22-16(20)18-19-17(21)23-14-15-11-8-7-9-12-15/h7-9,11-12H,2-6,10,13-14H2,1H3. The van der Waals surface area contributed by atoms with Gasteiger partial charge in [-0.2, -0.15) is 0 Å². The first kappa shape index (κ1) is 18.8. The molecule has 2 amide bonds. The molecular weight excluding hydrogens is 296 g/mol. The van der Waals surface area contributed by atoms with Crippen molar-refractivity contribution in [3.8, 4) is 0 Å². The van der Waals surface area contributed by atoms with Gasteiger partial charge in [0, 0.05) is 0 Å². The van der Waals surface area contributed by atoms with E-state index in [1.54, 1.807) is 0 Å². The second kappa shape index (κ2) is 12.3. The molecule has 0 N–H and O–H groups in total. The summed E-state index contributed by atoms with van der Waals surface area (Å²) in [6.45, 7) is 2.55. The molecule has 0 radical (unpaired) electrons. The maximum atomic E-state index is 11.3. The number of nitrogens with zero attached hydrogens (tertiary/aromatic N) is 2. The maximum Gasteiger partial charge on any atom is 0.452 e. The molecule has 0 spiro atoms. The molecule has 0 saturated carbocycles. The van der Waals surface area contributed by atoms with Gasteiger partial charge in [0.05, 0.1) is 6.61 Å². The van der Waals surface area contributed by atoms with Crippen molar-refractivity contribution >= 4 is 12.2 Å². The molecule has 0 aromatic heterocycles. The van der Waals surface area contributed by atoms with E-state index in [2.05, 4.69) is 17.2 Å². The van der Waals surface area contributed by atoms with Gasteiger partial charge in [0.2, 0.25) is 0 Å². The van der Waals surface area contributed by atoms with E-state index in [9.17, 15) is 9.59 Å². The quantitative estimate of drug-likeness (QED) is 0.458. The Kier molecular flexibility index (Phi) is 10.1. The Bertz CT molecular complexity index is 489. The van der Waals surface area contributed by atoms with Gasteiger partial charge in [-0.15, -0.1) is 0 Å². The highest BCUT2D eigenvalue weighted by Crippen LogP contribution is 2.05. The summed E-state index contributed by atoms with van der Waals surface area (Å²) >= 11 is 0. The number of amides is 2. The lowest BCUT2D eigenvalue weighted by Gasteiger charge is -2.01. The predicted molar refractivity (Wildman–Crippen MR) is 86.2 cm³/mol. The fourth-order valence-corrected chi connectivity index (χ4v) is 1.90. The van der Waals surface area contributed by atoms with Gasteiger partial charge < -0.3 is 9.47 Å². The van der Waals surface area contributed by atoms with Gasteiger partial charge in [-0.25, -0.2) is 9.59 Å². The number of hydrogen-bond donors (Lipinski definition) is 0. The maximum absolute atomic E-state index is 11.3. The molecule has 1 rings (SSSR count). The topological polar surface area (TPSA) is 77.3 Å². The molecule has 126 valence electrons. The summed E-state index contributed by atoms with van der Waals surface area (Å²) in [5, 5.41) is 6.34. The van der Waals surface area contributed by atoms with E-state index in [4.69, 9.17) is 9.47 Å². The van der Waals surface area contributed by atoms with Crippen LogP contribution in [0, 0.1) is 0 Å². The normalized spacial score (nSPS) is 10.7. The summed E-state index contributed by atoms with van der Waals surface area (Å²) in [5.74, 6) is 0. The molecule has 6 heteroatoms. The van der Waals surface area contributed by atoms with Gasteiger partial charge in [0.15, 0.2) is 0 Å².